The Morgan fingerprint density at radius 3 is 2.61 bits per heavy atom. The standard InChI is InChI=1S/C16H13ClF3NO2/c1-10-3-2-4-12(7-10)23-9-15(22)21-14-8-11(16(18,19)20)5-6-13(14)17/h2-8H,9H2,1H3,(H,21,22). The summed E-state index contributed by atoms with van der Waals surface area (Å²) in [6, 6.07) is 9.78. The molecule has 0 bridgehead atoms. The number of nitrogens with one attached hydrogen (secondary N) is 1. The molecule has 1 amide bonds. The van der Waals surface area contributed by atoms with E-state index in [0.717, 1.165) is 23.8 Å². The molecule has 23 heavy (non-hydrogen) atoms. The summed E-state index contributed by atoms with van der Waals surface area (Å²) in [5.74, 6) is -0.108. The molecule has 7 heteroatoms. The lowest BCUT2D eigenvalue weighted by Gasteiger charge is -2.12. The fourth-order valence-corrected chi connectivity index (χ4v) is 2.00. The normalized spacial score (nSPS) is 11.2. The number of rotatable bonds is 4. The van der Waals surface area contributed by atoms with Crippen LogP contribution in [-0.2, 0) is 11.0 Å². The number of aryl methyl sites for hydroxylation is 1. The molecule has 1 N–H and O–H groups in total. The second-order valence-corrected chi connectivity index (χ2v) is 5.25. The van der Waals surface area contributed by atoms with E-state index in [1.54, 1.807) is 18.2 Å². The Hall–Kier alpha value is -2.21. The van der Waals surface area contributed by atoms with Gasteiger partial charge in [0.15, 0.2) is 6.61 Å². The van der Waals surface area contributed by atoms with Crippen molar-refractivity contribution in [3.8, 4) is 5.75 Å². The second kappa shape index (κ2) is 6.91. The predicted molar refractivity (Wildman–Crippen MR) is 81.8 cm³/mol. The van der Waals surface area contributed by atoms with Gasteiger partial charge in [0, 0.05) is 0 Å². The van der Waals surface area contributed by atoms with Gasteiger partial charge in [0.1, 0.15) is 5.75 Å². The van der Waals surface area contributed by atoms with Gasteiger partial charge in [0.05, 0.1) is 16.3 Å². The molecule has 2 aromatic carbocycles. The molecule has 0 radical (unpaired) electrons. The summed E-state index contributed by atoms with van der Waals surface area (Å²) in [7, 11) is 0. The Morgan fingerprint density at radius 2 is 1.96 bits per heavy atom. The molecule has 2 rings (SSSR count). The van der Waals surface area contributed by atoms with E-state index in [2.05, 4.69) is 5.32 Å². The van der Waals surface area contributed by atoms with E-state index in [4.69, 9.17) is 16.3 Å². The summed E-state index contributed by atoms with van der Waals surface area (Å²) >= 11 is 5.81. The van der Waals surface area contributed by atoms with E-state index in [1.165, 1.54) is 0 Å². The Kier molecular flexibility index (Phi) is 5.15. The zero-order valence-electron chi connectivity index (χ0n) is 12.1. The molecule has 0 heterocycles. The number of benzene rings is 2. The molecule has 0 unspecified atom stereocenters. The lowest BCUT2D eigenvalue weighted by atomic mass is 10.2. The van der Waals surface area contributed by atoms with E-state index in [1.807, 2.05) is 13.0 Å². The summed E-state index contributed by atoms with van der Waals surface area (Å²) in [5.41, 5.74) is -0.0417. The Labute approximate surface area is 136 Å². The summed E-state index contributed by atoms with van der Waals surface area (Å²) in [6.07, 6.45) is -4.51. The highest BCUT2D eigenvalue weighted by Gasteiger charge is 2.31. The first kappa shape index (κ1) is 17.1. The fourth-order valence-electron chi connectivity index (χ4n) is 1.84. The Bertz CT molecular complexity index is 717. The molecule has 122 valence electrons. The van der Waals surface area contributed by atoms with Crippen LogP contribution in [0.15, 0.2) is 42.5 Å². The topological polar surface area (TPSA) is 38.3 Å². The van der Waals surface area contributed by atoms with Gasteiger partial charge in [-0.25, -0.2) is 0 Å². The number of ether oxygens (including phenoxy) is 1. The number of amides is 1. The van der Waals surface area contributed by atoms with Crippen LogP contribution in [0.25, 0.3) is 0 Å². The van der Waals surface area contributed by atoms with Crippen molar-refractivity contribution in [3.05, 3.63) is 58.6 Å². The van der Waals surface area contributed by atoms with Crippen LogP contribution in [0.1, 0.15) is 11.1 Å². The molecular formula is C16H13ClF3NO2. The lowest BCUT2D eigenvalue weighted by Crippen LogP contribution is -2.20. The highest BCUT2D eigenvalue weighted by Crippen LogP contribution is 2.33. The van der Waals surface area contributed by atoms with Crippen molar-refractivity contribution < 1.29 is 22.7 Å². The van der Waals surface area contributed by atoms with Gasteiger partial charge >= 0.3 is 6.18 Å². The van der Waals surface area contributed by atoms with Crippen molar-refractivity contribution >= 4 is 23.2 Å². The van der Waals surface area contributed by atoms with Gasteiger partial charge < -0.3 is 10.1 Å². The van der Waals surface area contributed by atoms with Crippen LogP contribution < -0.4 is 10.1 Å². The molecule has 0 atom stereocenters. The van der Waals surface area contributed by atoms with Crippen molar-refractivity contribution in [2.75, 3.05) is 11.9 Å². The SMILES string of the molecule is Cc1cccc(OCC(=O)Nc2cc(C(F)(F)F)ccc2Cl)c1. The summed E-state index contributed by atoms with van der Waals surface area (Å²) in [4.78, 5) is 11.8. The maximum Gasteiger partial charge on any atom is 0.416 e. The van der Waals surface area contributed by atoms with E-state index >= 15 is 0 Å². The number of alkyl halides is 3. The highest BCUT2D eigenvalue weighted by atomic mass is 35.5. The average Bonchev–Trinajstić information content (AvgIpc) is 2.46. The molecule has 0 aliphatic heterocycles. The smallest absolute Gasteiger partial charge is 0.416 e. The zero-order valence-corrected chi connectivity index (χ0v) is 12.8. The molecule has 0 spiro atoms. The van der Waals surface area contributed by atoms with E-state index in [0.29, 0.717) is 5.75 Å². The van der Waals surface area contributed by atoms with Crippen LogP contribution in [0.5, 0.6) is 5.75 Å². The largest absolute Gasteiger partial charge is 0.484 e. The Morgan fingerprint density at radius 1 is 1.22 bits per heavy atom. The summed E-state index contributed by atoms with van der Waals surface area (Å²) in [6.45, 7) is 1.53. The molecule has 0 saturated heterocycles. The van der Waals surface area contributed by atoms with Crippen LogP contribution in [0.2, 0.25) is 5.02 Å². The first-order valence-electron chi connectivity index (χ1n) is 6.62. The Balaban J connectivity index is 2.02. The third kappa shape index (κ3) is 4.89. The van der Waals surface area contributed by atoms with Gasteiger partial charge in [-0.15, -0.1) is 0 Å². The number of hydrogen-bond acceptors (Lipinski definition) is 2. The number of hydrogen-bond donors (Lipinski definition) is 1. The molecule has 0 aromatic heterocycles. The van der Waals surface area contributed by atoms with Crippen molar-refractivity contribution in [1.29, 1.82) is 0 Å². The first-order chi connectivity index (χ1) is 10.8. The van der Waals surface area contributed by atoms with E-state index in [9.17, 15) is 18.0 Å². The summed E-state index contributed by atoms with van der Waals surface area (Å²) in [5, 5.41) is 2.33. The van der Waals surface area contributed by atoms with E-state index < -0.39 is 17.6 Å². The van der Waals surface area contributed by atoms with Crippen LogP contribution in [0.3, 0.4) is 0 Å². The first-order valence-corrected chi connectivity index (χ1v) is 6.99. The van der Waals surface area contributed by atoms with Gasteiger partial charge in [-0.2, -0.15) is 13.2 Å². The average molecular weight is 344 g/mol. The monoisotopic (exact) mass is 343 g/mol. The van der Waals surface area contributed by atoms with Crippen molar-refractivity contribution in [3.63, 3.8) is 0 Å². The third-order valence-electron chi connectivity index (χ3n) is 2.93. The number of carbonyl (C=O) groups excluding carboxylic acids is 1. The molecule has 0 aliphatic rings. The quantitative estimate of drug-likeness (QED) is 0.875. The zero-order chi connectivity index (χ0) is 17.0. The molecule has 2 aromatic rings. The number of carbonyl (C=O) groups is 1. The fraction of sp³-hybridized carbons (Fsp3) is 0.188. The van der Waals surface area contributed by atoms with Crippen molar-refractivity contribution in [1.82, 2.24) is 0 Å². The van der Waals surface area contributed by atoms with Gasteiger partial charge in [0.25, 0.3) is 5.91 Å². The van der Waals surface area contributed by atoms with Crippen LogP contribution in [0, 0.1) is 6.92 Å². The number of anilines is 1. The lowest BCUT2D eigenvalue weighted by molar-refractivity contribution is -0.137. The van der Waals surface area contributed by atoms with Crippen molar-refractivity contribution in [2.45, 2.75) is 13.1 Å². The molecular weight excluding hydrogens is 331 g/mol. The molecule has 3 nitrogen and oxygen atoms in total. The van der Waals surface area contributed by atoms with E-state index in [-0.39, 0.29) is 17.3 Å². The van der Waals surface area contributed by atoms with Gasteiger partial charge in [0.2, 0.25) is 0 Å². The maximum absolute atomic E-state index is 12.7. The minimum Gasteiger partial charge on any atom is -0.484 e. The van der Waals surface area contributed by atoms with Crippen LogP contribution >= 0.6 is 11.6 Å². The maximum atomic E-state index is 12.7. The van der Waals surface area contributed by atoms with Crippen LogP contribution in [-0.4, -0.2) is 12.5 Å². The predicted octanol–water partition coefficient (Wildman–Crippen LogP) is 4.68. The molecule has 0 fully saturated rings. The minimum absolute atomic E-state index is 0.0157. The molecule has 0 aliphatic carbocycles. The summed E-state index contributed by atoms with van der Waals surface area (Å²) < 4.78 is 43.3. The van der Waals surface area contributed by atoms with Crippen molar-refractivity contribution in [2.24, 2.45) is 0 Å². The van der Waals surface area contributed by atoms with Crippen LogP contribution in [0.4, 0.5) is 18.9 Å². The highest BCUT2D eigenvalue weighted by molar-refractivity contribution is 6.33. The van der Waals surface area contributed by atoms with Gasteiger partial charge in [-0.05, 0) is 42.8 Å². The molecule has 0 saturated carbocycles. The van der Waals surface area contributed by atoms with Gasteiger partial charge in [-0.3, -0.25) is 4.79 Å². The third-order valence-corrected chi connectivity index (χ3v) is 3.26. The number of halogens is 4. The van der Waals surface area contributed by atoms with Gasteiger partial charge in [-0.1, -0.05) is 23.7 Å². The minimum atomic E-state index is -4.51. The second-order valence-electron chi connectivity index (χ2n) is 4.85.